The Kier molecular flexibility index (Phi) is 5.03. The number of carbonyl (C=O) groups is 1. The molecule has 2 aromatic rings. The Hall–Kier alpha value is -3.09. The summed E-state index contributed by atoms with van der Waals surface area (Å²) in [6.07, 6.45) is -8.44. The summed E-state index contributed by atoms with van der Waals surface area (Å²) in [6.45, 7) is -1.53. The quantitative estimate of drug-likeness (QED) is 0.700. The maximum absolute atomic E-state index is 13.0. The summed E-state index contributed by atoms with van der Waals surface area (Å²) in [5.41, 5.74) is -0.282. The van der Waals surface area contributed by atoms with Gasteiger partial charge in [-0.2, -0.15) is 13.2 Å². The molecule has 1 aliphatic rings. The van der Waals surface area contributed by atoms with Crippen LogP contribution in [-0.4, -0.2) is 33.3 Å². The summed E-state index contributed by atoms with van der Waals surface area (Å²) in [6, 6.07) is 7.31. The van der Waals surface area contributed by atoms with E-state index in [4.69, 9.17) is 0 Å². The molecule has 29 heavy (non-hydrogen) atoms. The Balaban J connectivity index is 1.71. The van der Waals surface area contributed by atoms with Crippen LogP contribution in [0.1, 0.15) is 10.4 Å². The smallest absolute Gasteiger partial charge is 0.395 e. The first-order valence-corrected chi connectivity index (χ1v) is 9.21. The van der Waals surface area contributed by atoms with Crippen LogP contribution in [0, 0.1) is 0 Å². The molecular formula is C16H11F5N2O5S. The van der Waals surface area contributed by atoms with E-state index < -0.39 is 34.9 Å². The van der Waals surface area contributed by atoms with Gasteiger partial charge in [-0.3, -0.25) is 9.52 Å². The van der Waals surface area contributed by atoms with Crippen molar-refractivity contribution < 1.29 is 44.6 Å². The highest BCUT2D eigenvalue weighted by Crippen LogP contribution is 2.42. The van der Waals surface area contributed by atoms with Crippen molar-refractivity contribution in [2.24, 2.45) is 0 Å². The lowest BCUT2D eigenvalue weighted by Gasteiger charge is -2.10. The minimum absolute atomic E-state index is 0.1000. The summed E-state index contributed by atoms with van der Waals surface area (Å²) in [5, 5.41) is 1.65. The molecule has 1 amide bonds. The first-order chi connectivity index (χ1) is 13.3. The highest BCUT2D eigenvalue weighted by molar-refractivity contribution is 7.92. The van der Waals surface area contributed by atoms with Crippen molar-refractivity contribution in [1.29, 1.82) is 0 Å². The van der Waals surface area contributed by atoms with E-state index in [-0.39, 0.29) is 27.6 Å². The van der Waals surface area contributed by atoms with Crippen molar-refractivity contribution >= 4 is 21.6 Å². The third-order valence-corrected chi connectivity index (χ3v) is 4.93. The van der Waals surface area contributed by atoms with Gasteiger partial charge in [-0.25, -0.2) is 8.42 Å². The van der Waals surface area contributed by atoms with Crippen LogP contribution in [0.3, 0.4) is 0 Å². The molecule has 2 aromatic carbocycles. The summed E-state index contributed by atoms with van der Waals surface area (Å²) < 4.78 is 97.7. The summed E-state index contributed by atoms with van der Waals surface area (Å²) in [5.74, 6) is -1.67. The topological polar surface area (TPSA) is 93.7 Å². The fourth-order valence-electron chi connectivity index (χ4n) is 2.29. The molecule has 0 radical (unpaired) electrons. The van der Waals surface area contributed by atoms with Crippen LogP contribution < -0.4 is 19.5 Å². The standard InChI is InChI=1S/C16H11F5N2O5S/c17-15(18,19)8-22-14(24)9-1-4-11(5-2-9)29(25,26)23-10-3-6-12-13(7-10)28-16(20,21)27-12/h1-7,23H,8H2,(H,22,24). The SMILES string of the molecule is O=C(NCC(F)(F)F)c1ccc(S(=O)(=O)Nc2ccc3c(c2)OC(F)(F)O3)cc1. The zero-order valence-electron chi connectivity index (χ0n) is 14.1. The highest BCUT2D eigenvalue weighted by Gasteiger charge is 2.43. The van der Waals surface area contributed by atoms with E-state index >= 15 is 0 Å². The second-order valence-electron chi connectivity index (χ2n) is 5.76. The van der Waals surface area contributed by atoms with E-state index in [1.54, 1.807) is 5.32 Å². The molecule has 3 rings (SSSR count). The van der Waals surface area contributed by atoms with Crippen LogP contribution in [0.5, 0.6) is 11.5 Å². The number of fused-ring (bicyclic) bond motifs is 1. The molecule has 1 heterocycles. The summed E-state index contributed by atoms with van der Waals surface area (Å²) >= 11 is 0. The van der Waals surface area contributed by atoms with E-state index in [0.29, 0.717) is 0 Å². The monoisotopic (exact) mass is 438 g/mol. The molecule has 0 saturated carbocycles. The molecule has 0 fully saturated rings. The minimum atomic E-state index is -4.59. The predicted molar refractivity (Wildman–Crippen MR) is 88.3 cm³/mol. The molecule has 2 N–H and O–H groups in total. The zero-order valence-corrected chi connectivity index (χ0v) is 14.9. The number of hydrogen-bond donors (Lipinski definition) is 2. The molecule has 1 aliphatic heterocycles. The highest BCUT2D eigenvalue weighted by atomic mass is 32.2. The van der Waals surface area contributed by atoms with Crippen molar-refractivity contribution in [3.63, 3.8) is 0 Å². The minimum Gasteiger partial charge on any atom is -0.395 e. The fraction of sp³-hybridized carbons (Fsp3) is 0.188. The zero-order chi connectivity index (χ0) is 21.4. The van der Waals surface area contributed by atoms with E-state index in [0.717, 1.165) is 36.4 Å². The van der Waals surface area contributed by atoms with Gasteiger partial charge in [0.15, 0.2) is 11.5 Å². The van der Waals surface area contributed by atoms with Gasteiger partial charge in [0, 0.05) is 11.6 Å². The average molecular weight is 438 g/mol. The number of amides is 1. The summed E-state index contributed by atoms with van der Waals surface area (Å²) in [4.78, 5) is 11.3. The van der Waals surface area contributed by atoms with E-state index in [1.807, 2.05) is 0 Å². The number of sulfonamides is 1. The van der Waals surface area contributed by atoms with Gasteiger partial charge in [0.05, 0.1) is 10.6 Å². The molecular weight excluding hydrogens is 427 g/mol. The average Bonchev–Trinajstić information content (AvgIpc) is 2.92. The van der Waals surface area contributed by atoms with E-state index in [9.17, 15) is 35.2 Å². The maximum atomic E-state index is 13.0. The summed E-state index contributed by atoms with van der Waals surface area (Å²) in [7, 11) is -4.18. The molecule has 0 saturated heterocycles. The third kappa shape index (κ3) is 5.04. The van der Waals surface area contributed by atoms with Crippen molar-refractivity contribution in [3.8, 4) is 11.5 Å². The van der Waals surface area contributed by atoms with Gasteiger partial charge in [-0.1, -0.05) is 0 Å². The molecule has 0 aliphatic carbocycles. The van der Waals surface area contributed by atoms with Crippen molar-refractivity contribution in [1.82, 2.24) is 5.32 Å². The van der Waals surface area contributed by atoms with Gasteiger partial charge < -0.3 is 14.8 Å². The molecule has 7 nitrogen and oxygen atoms in total. The lowest BCUT2D eigenvalue weighted by molar-refractivity contribution is -0.286. The van der Waals surface area contributed by atoms with Gasteiger partial charge in [-0.05, 0) is 36.4 Å². The Morgan fingerprint density at radius 2 is 1.62 bits per heavy atom. The normalized spacial score (nSPS) is 15.1. The molecule has 0 atom stereocenters. The molecule has 0 aromatic heterocycles. The Morgan fingerprint density at radius 1 is 1.00 bits per heavy atom. The maximum Gasteiger partial charge on any atom is 0.586 e. The van der Waals surface area contributed by atoms with Crippen molar-refractivity contribution in [3.05, 3.63) is 48.0 Å². The Labute approximate surface area is 160 Å². The second-order valence-corrected chi connectivity index (χ2v) is 7.44. The van der Waals surface area contributed by atoms with Crippen LogP contribution in [-0.2, 0) is 10.0 Å². The largest absolute Gasteiger partial charge is 0.586 e. The van der Waals surface area contributed by atoms with Gasteiger partial charge in [0.1, 0.15) is 6.54 Å². The molecule has 0 bridgehead atoms. The Morgan fingerprint density at radius 3 is 2.24 bits per heavy atom. The van der Waals surface area contributed by atoms with Gasteiger partial charge >= 0.3 is 12.5 Å². The lowest BCUT2D eigenvalue weighted by atomic mass is 10.2. The lowest BCUT2D eigenvalue weighted by Crippen LogP contribution is -2.33. The number of carbonyl (C=O) groups excluding carboxylic acids is 1. The third-order valence-electron chi connectivity index (χ3n) is 3.53. The van der Waals surface area contributed by atoms with Crippen molar-refractivity contribution in [2.45, 2.75) is 17.4 Å². The number of hydrogen-bond acceptors (Lipinski definition) is 5. The number of halogens is 5. The molecule has 0 spiro atoms. The number of nitrogens with one attached hydrogen (secondary N) is 2. The molecule has 13 heteroatoms. The van der Waals surface area contributed by atoms with Gasteiger partial charge in [0.2, 0.25) is 0 Å². The van der Waals surface area contributed by atoms with Crippen LogP contribution >= 0.6 is 0 Å². The van der Waals surface area contributed by atoms with Crippen LogP contribution in [0.15, 0.2) is 47.4 Å². The Bertz CT molecular complexity index is 1040. The van der Waals surface area contributed by atoms with Crippen LogP contribution in [0.2, 0.25) is 0 Å². The number of alkyl halides is 5. The predicted octanol–water partition coefficient (Wildman–Crippen LogP) is 3.10. The second kappa shape index (κ2) is 7.06. The van der Waals surface area contributed by atoms with Gasteiger partial charge in [-0.15, -0.1) is 8.78 Å². The van der Waals surface area contributed by atoms with E-state index in [1.165, 1.54) is 6.07 Å². The molecule has 156 valence electrons. The number of ether oxygens (including phenoxy) is 2. The molecule has 0 unspecified atom stereocenters. The van der Waals surface area contributed by atoms with E-state index in [2.05, 4.69) is 14.2 Å². The number of benzene rings is 2. The number of rotatable bonds is 5. The van der Waals surface area contributed by atoms with Crippen LogP contribution in [0.4, 0.5) is 27.6 Å². The van der Waals surface area contributed by atoms with Gasteiger partial charge in [0.25, 0.3) is 15.9 Å². The van der Waals surface area contributed by atoms with Crippen molar-refractivity contribution in [2.75, 3.05) is 11.3 Å². The number of anilines is 1. The first kappa shape index (κ1) is 20.6. The first-order valence-electron chi connectivity index (χ1n) is 7.72. The fourth-order valence-corrected chi connectivity index (χ4v) is 3.34. The van der Waals surface area contributed by atoms with Crippen LogP contribution in [0.25, 0.3) is 0 Å².